The number of rotatable bonds is 13. The van der Waals surface area contributed by atoms with Crippen LogP contribution in [0.5, 0.6) is 0 Å². The predicted octanol–water partition coefficient (Wildman–Crippen LogP) is 6.84. The van der Waals surface area contributed by atoms with E-state index in [1.807, 2.05) is 80.6 Å². The van der Waals surface area contributed by atoms with Crippen LogP contribution >= 0.6 is 0 Å². The van der Waals surface area contributed by atoms with Crippen LogP contribution in [-0.4, -0.2) is 43.8 Å². The van der Waals surface area contributed by atoms with Gasteiger partial charge in [0.1, 0.15) is 12.6 Å². The molecule has 8 heteroatoms. The van der Waals surface area contributed by atoms with E-state index >= 15 is 0 Å². The van der Waals surface area contributed by atoms with Crippen molar-refractivity contribution in [1.82, 2.24) is 10.2 Å². The van der Waals surface area contributed by atoms with E-state index < -0.39 is 28.5 Å². The van der Waals surface area contributed by atoms with E-state index in [0.29, 0.717) is 12.1 Å². The average Bonchev–Trinajstić information content (AvgIpc) is 3.10. The number of carbonyl (C=O) groups excluding carboxylic acids is 2. The molecule has 0 bridgehead atoms. The molecule has 2 amide bonds. The maximum Gasteiger partial charge on any atom is 0.264 e. The molecule has 1 saturated carbocycles. The van der Waals surface area contributed by atoms with Crippen LogP contribution in [0, 0.1) is 6.92 Å². The summed E-state index contributed by atoms with van der Waals surface area (Å²) in [5.41, 5.74) is 4.30. The van der Waals surface area contributed by atoms with Crippen LogP contribution in [0.2, 0.25) is 0 Å². The number of benzene rings is 4. The molecular weight excluding hydrogens is 607 g/mol. The molecule has 1 atom stereocenters. The van der Waals surface area contributed by atoms with Gasteiger partial charge in [-0.3, -0.25) is 13.9 Å². The summed E-state index contributed by atoms with van der Waals surface area (Å²) >= 11 is 0. The van der Waals surface area contributed by atoms with Gasteiger partial charge in [-0.1, -0.05) is 117 Å². The fraction of sp³-hybridized carbons (Fsp3) is 0.333. The van der Waals surface area contributed by atoms with Gasteiger partial charge in [-0.25, -0.2) is 8.42 Å². The van der Waals surface area contributed by atoms with Crippen molar-refractivity contribution in [2.45, 2.75) is 82.3 Å². The summed E-state index contributed by atoms with van der Waals surface area (Å²) in [5, 5.41) is 3.26. The van der Waals surface area contributed by atoms with Gasteiger partial charge in [-0.15, -0.1) is 0 Å². The quantitative estimate of drug-likeness (QED) is 0.172. The summed E-state index contributed by atoms with van der Waals surface area (Å²) in [6.45, 7) is 3.73. The Labute approximate surface area is 279 Å². The third kappa shape index (κ3) is 8.89. The number of nitrogens with zero attached hydrogens (tertiary/aromatic N) is 2. The number of hydrogen-bond acceptors (Lipinski definition) is 4. The van der Waals surface area contributed by atoms with Crippen molar-refractivity contribution in [3.05, 3.63) is 131 Å². The van der Waals surface area contributed by atoms with Gasteiger partial charge in [0.15, 0.2) is 0 Å². The molecule has 4 aromatic rings. The first kappa shape index (κ1) is 33.9. The van der Waals surface area contributed by atoms with E-state index in [2.05, 4.69) is 5.32 Å². The van der Waals surface area contributed by atoms with Crippen molar-refractivity contribution in [3.63, 3.8) is 0 Å². The molecule has 47 heavy (non-hydrogen) atoms. The molecule has 0 radical (unpaired) electrons. The highest BCUT2D eigenvalue weighted by Crippen LogP contribution is 2.26. The second-order valence-corrected chi connectivity index (χ2v) is 14.3. The largest absolute Gasteiger partial charge is 0.352 e. The number of anilines is 1. The normalized spacial score (nSPS) is 14.3. The first-order valence-electron chi connectivity index (χ1n) is 16.6. The van der Waals surface area contributed by atoms with E-state index in [0.717, 1.165) is 60.8 Å². The SMILES string of the molecule is CCc1ccc(N(CC(=O)N(Cc2ccc(C)cc2)[C@H](Cc2ccccc2)C(=O)NC2CCCCC2)S(=O)(=O)c2ccccc2)cc1. The monoisotopic (exact) mass is 651 g/mol. The number of hydrogen-bond donors (Lipinski definition) is 1. The van der Waals surface area contributed by atoms with Crippen LogP contribution in [0.25, 0.3) is 0 Å². The summed E-state index contributed by atoms with van der Waals surface area (Å²) in [6, 6.07) is 32.2. The van der Waals surface area contributed by atoms with Crippen molar-refractivity contribution in [3.8, 4) is 0 Å². The highest BCUT2D eigenvalue weighted by Gasteiger charge is 2.35. The molecule has 1 aliphatic rings. The second kappa shape index (κ2) is 15.9. The van der Waals surface area contributed by atoms with Crippen molar-refractivity contribution in [1.29, 1.82) is 0 Å². The topological polar surface area (TPSA) is 86.8 Å². The van der Waals surface area contributed by atoms with Crippen LogP contribution in [0.15, 0.2) is 114 Å². The highest BCUT2D eigenvalue weighted by molar-refractivity contribution is 7.92. The Hall–Kier alpha value is -4.43. The summed E-state index contributed by atoms with van der Waals surface area (Å²) in [4.78, 5) is 30.5. The maximum atomic E-state index is 14.7. The minimum Gasteiger partial charge on any atom is -0.352 e. The fourth-order valence-electron chi connectivity index (χ4n) is 6.13. The van der Waals surface area contributed by atoms with Gasteiger partial charge in [0.2, 0.25) is 11.8 Å². The predicted molar refractivity (Wildman–Crippen MR) is 187 cm³/mol. The Balaban J connectivity index is 1.55. The van der Waals surface area contributed by atoms with Gasteiger partial charge in [0, 0.05) is 19.0 Å². The van der Waals surface area contributed by atoms with Crippen LogP contribution in [0.1, 0.15) is 61.3 Å². The molecule has 0 aliphatic heterocycles. The molecule has 246 valence electrons. The Morgan fingerprint density at radius 2 is 1.36 bits per heavy atom. The number of aryl methyl sites for hydroxylation is 2. The molecule has 5 rings (SSSR count). The van der Waals surface area contributed by atoms with Gasteiger partial charge < -0.3 is 10.2 Å². The Morgan fingerprint density at radius 1 is 0.766 bits per heavy atom. The zero-order valence-electron chi connectivity index (χ0n) is 27.3. The van der Waals surface area contributed by atoms with Gasteiger partial charge >= 0.3 is 0 Å². The second-order valence-electron chi connectivity index (χ2n) is 12.4. The maximum absolute atomic E-state index is 14.7. The highest BCUT2D eigenvalue weighted by atomic mass is 32.2. The summed E-state index contributed by atoms with van der Waals surface area (Å²) < 4.78 is 29.5. The van der Waals surface area contributed by atoms with Gasteiger partial charge in [-0.05, 0) is 67.1 Å². The third-order valence-electron chi connectivity index (χ3n) is 8.94. The molecule has 1 fully saturated rings. The van der Waals surface area contributed by atoms with Crippen LogP contribution < -0.4 is 9.62 Å². The van der Waals surface area contributed by atoms with Gasteiger partial charge in [-0.2, -0.15) is 0 Å². The van der Waals surface area contributed by atoms with E-state index in [9.17, 15) is 18.0 Å². The van der Waals surface area contributed by atoms with E-state index in [1.165, 1.54) is 16.4 Å². The van der Waals surface area contributed by atoms with Crippen molar-refractivity contribution < 1.29 is 18.0 Å². The zero-order chi connectivity index (χ0) is 33.2. The minimum absolute atomic E-state index is 0.0536. The van der Waals surface area contributed by atoms with Crippen LogP contribution in [-0.2, 0) is 39.0 Å². The van der Waals surface area contributed by atoms with Crippen molar-refractivity contribution in [2.75, 3.05) is 10.8 Å². The first-order chi connectivity index (χ1) is 22.7. The van der Waals surface area contributed by atoms with Gasteiger partial charge in [0.05, 0.1) is 10.6 Å². The standard InChI is InChI=1S/C39H45N3O4S/c1-3-31-23-25-35(26-24-31)42(47(45,46)36-17-11-6-12-18-36)29-38(43)41(28-33-21-19-30(2)20-22-33)37(27-32-13-7-4-8-14-32)39(44)40-34-15-9-5-10-16-34/h4,6-8,11-14,17-26,34,37H,3,5,9-10,15-16,27-29H2,1-2H3,(H,40,44)/t37-/m1/s1. The fourth-order valence-corrected chi connectivity index (χ4v) is 7.57. The van der Waals surface area contributed by atoms with Crippen molar-refractivity contribution in [2.24, 2.45) is 0 Å². The summed E-state index contributed by atoms with van der Waals surface area (Å²) in [6.07, 6.45) is 6.19. The Morgan fingerprint density at radius 3 is 1.98 bits per heavy atom. The third-order valence-corrected chi connectivity index (χ3v) is 10.7. The van der Waals surface area contributed by atoms with Crippen LogP contribution in [0.4, 0.5) is 5.69 Å². The van der Waals surface area contributed by atoms with Crippen molar-refractivity contribution >= 4 is 27.5 Å². The molecule has 7 nitrogen and oxygen atoms in total. The van der Waals surface area contributed by atoms with E-state index in [-0.39, 0.29) is 23.4 Å². The Bertz CT molecular complexity index is 1700. The summed E-state index contributed by atoms with van der Waals surface area (Å²) in [5.74, 6) is -0.671. The zero-order valence-corrected chi connectivity index (χ0v) is 28.2. The molecule has 1 N–H and O–H groups in total. The Kier molecular flexibility index (Phi) is 11.5. The lowest BCUT2D eigenvalue weighted by molar-refractivity contribution is -0.140. The lowest BCUT2D eigenvalue weighted by Crippen LogP contribution is -2.55. The average molecular weight is 652 g/mol. The number of sulfonamides is 1. The van der Waals surface area contributed by atoms with E-state index in [1.54, 1.807) is 35.2 Å². The molecule has 0 spiro atoms. The first-order valence-corrected chi connectivity index (χ1v) is 18.0. The van der Waals surface area contributed by atoms with Crippen LogP contribution in [0.3, 0.4) is 0 Å². The molecule has 0 saturated heterocycles. The van der Waals surface area contributed by atoms with Gasteiger partial charge in [0.25, 0.3) is 10.0 Å². The molecule has 0 unspecified atom stereocenters. The van der Waals surface area contributed by atoms with E-state index in [4.69, 9.17) is 0 Å². The minimum atomic E-state index is -4.12. The summed E-state index contributed by atoms with van der Waals surface area (Å²) in [7, 11) is -4.12. The molecule has 1 aliphatic carbocycles. The molecule has 0 aromatic heterocycles. The molecular formula is C39H45N3O4S. The number of nitrogens with one attached hydrogen (secondary N) is 1. The number of amides is 2. The smallest absolute Gasteiger partial charge is 0.264 e. The lowest BCUT2D eigenvalue weighted by atomic mass is 9.94. The molecule has 4 aromatic carbocycles. The molecule has 0 heterocycles. The number of carbonyl (C=O) groups is 2. The lowest BCUT2D eigenvalue weighted by Gasteiger charge is -2.35.